The summed E-state index contributed by atoms with van der Waals surface area (Å²) < 4.78 is 13.5. The van der Waals surface area contributed by atoms with Crippen LogP contribution in [0.4, 0.5) is 0 Å². The van der Waals surface area contributed by atoms with Gasteiger partial charge in [-0.3, -0.25) is 0 Å². The van der Waals surface area contributed by atoms with Gasteiger partial charge in [0.2, 0.25) is 16.6 Å². The highest BCUT2D eigenvalue weighted by Gasteiger charge is 2.47. The molecule has 0 aliphatic heterocycles. The van der Waals surface area contributed by atoms with E-state index in [0.29, 0.717) is 0 Å². The molecule has 0 heterocycles. The van der Waals surface area contributed by atoms with Crippen molar-refractivity contribution in [2.75, 3.05) is 0 Å². The Morgan fingerprint density at radius 1 is 0.633 bits per heavy atom. The molecule has 0 aromatic heterocycles. The van der Waals surface area contributed by atoms with Crippen LogP contribution in [-0.4, -0.2) is 16.6 Å². The van der Waals surface area contributed by atoms with E-state index >= 15 is 0 Å². The molecule has 0 saturated carbocycles. The van der Waals surface area contributed by atoms with Gasteiger partial charge in [0.1, 0.15) is 0 Å². The zero-order chi connectivity index (χ0) is 23.1. The molecule has 0 N–H and O–H groups in total. The van der Waals surface area contributed by atoms with Crippen LogP contribution in [0.15, 0.2) is 22.7 Å². The van der Waals surface area contributed by atoms with Crippen molar-refractivity contribution in [1.82, 2.24) is 0 Å². The fourth-order valence-corrected chi connectivity index (χ4v) is 7.06. The Balaban J connectivity index is 2.56. The first-order valence-electron chi connectivity index (χ1n) is 12.3. The number of rotatable bonds is 7. The standard InChI is InChI=1S/C26H50O2Si2/c1-19-13-15-21(23(17-19)27-29(7,8)9)25(3,4)26(5,6)22-16-14-20(2)18-24(22)28-30(10,11)12/h19-20H,13-18H2,1-12H3/t19-,20-/m1/s1. The molecule has 2 rings (SSSR count). The predicted molar refractivity (Wildman–Crippen MR) is 137 cm³/mol. The van der Waals surface area contributed by atoms with E-state index < -0.39 is 16.6 Å². The lowest BCUT2D eigenvalue weighted by Crippen LogP contribution is -2.41. The number of hydrogen-bond donors (Lipinski definition) is 0. The van der Waals surface area contributed by atoms with Gasteiger partial charge in [0.05, 0.1) is 11.5 Å². The van der Waals surface area contributed by atoms with Gasteiger partial charge in [-0.2, -0.15) is 0 Å². The summed E-state index contributed by atoms with van der Waals surface area (Å²) in [7, 11) is -3.27. The summed E-state index contributed by atoms with van der Waals surface area (Å²) in [5, 5.41) is 0. The summed E-state index contributed by atoms with van der Waals surface area (Å²) in [4.78, 5) is 0. The van der Waals surface area contributed by atoms with Gasteiger partial charge in [-0.25, -0.2) is 0 Å². The van der Waals surface area contributed by atoms with Gasteiger partial charge in [-0.05, 0) is 98.8 Å². The van der Waals surface area contributed by atoms with Crippen LogP contribution in [0.25, 0.3) is 0 Å². The minimum atomic E-state index is -1.64. The normalized spacial score (nSPS) is 24.9. The molecule has 174 valence electrons. The molecule has 0 spiro atoms. The molecule has 0 unspecified atom stereocenters. The summed E-state index contributed by atoms with van der Waals surface area (Å²) in [6, 6.07) is 0. The monoisotopic (exact) mass is 450 g/mol. The summed E-state index contributed by atoms with van der Waals surface area (Å²) in [5.74, 6) is 4.09. The Hall–Kier alpha value is -0.486. The molecule has 4 heteroatoms. The molecular weight excluding hydrogens is 400 g/mol. The van der Waals surface area contributed by atoms with Gasteiger partial charge in [0, 0.05) is 12.8 Å². The highest BCUT2D eigenvalue weighted by Crippen LogP contribution is 2.56. The predicted octanol–water partition coefficient (Wildman–Crippen LogP) is 8.89. The maximum absolute atomic E-state index is 6.73. The van der Waals surface area contributed by atoms with E-state index in [0.717, 1.165) is 24.7 Å². The second kappa shape index (κ2) is 8.80. The topological polar surface area (TPSA) is 18.5 Å². The third-order valence-electron chi connectivity index (χ3n) is 7.45. The lowest BCUT2D eigenvalue weighted by Gasteiger charge is -2.50. The third kappa shape index (κ3) is 6.06. The molecule has 2 aliphatic rings. The van der Waals surface area contributed by atoms with Crippen molar-refractivity contribution in [3.8, 4) is 0 Å². The molecule has 2 aliphatic carbocycles. The van der Waals surface area contributed by atoms with Crippen molar-refractivity contribution < 1.29 is 8.85 Å². The smallest absolute Gasteiger partial charge is 0.241 e. The largest absolute Gasteiger partial charge is 0.547 e. The van der Waals surface area contributed by atoms with Gasteiger partial charge in [0.15, 0.2) is 0 Å². The van der Waals surface area contributed by atoms with Crippen molar-refractivity contribution in [2.45, 2.75) is 119 Å². The Kier molecular flexibility index (Phi) is 7.56. The van der Waals surface area contributed by atoms with E-state index in [2.05, 4.69) is 80.8 Å². The van der Waals surface area contributed by atoms with Crippen molar-refractivity contribution in [2.24, 2.45) is 22.7 Å². The van der Waals surface area contributed by atoms with E-state index in [1.54, 1.807) is 11.1 Å². The van der Waals surface area contributed by atoms with Gasteiger partial charge in [-0.1, -0.05) is 41.5 Å². The summed E-state index contributed by atoms with van der Waals surface area (Å²) in [5.41, 5.74) is 3.25. The van der Waals surface area contributed by atoms with E-state index in [4.69, 9.17) is 8.85 Å². The maximum Gasteiger partial charge on any atom is 0.241 e. The summed E-state index contributed by atoms with van der Waals surface area (Å²) in [6.45, 7) is 28.6. The zero-order valence-electron chi connectivity index (χ0n) is 22.2. The Bertz CT molecular complexity index is 627. The maximum atomic E-state index is 6.73. The first-order valence-corrected chi connectivity index (χ1v) is 19.1. The molecule has 0 saturated heterocycles. The molecule has 0 amide bonds. The van der Waals surface area contributed by atoms with Crippen molar-refractivity contribution in [1.29, 1.82) is 0 Å². The van der Waals surface area contributed by atoms with Gasteiger partial charge in [-0.15, -0.1) is 0 Å². The van der Waals surface area contributed by atoms with Crippen LogP contribution in [0.1, 0.15) is 80.1 Å². The molecule has 0 fully saturated rings. The lowest BCUT2D eigenvalue weighted by molar-refractivity contribution is 0.150. The highest BCUT2D eigenvalue weighted by atomic mass is 28.4. The van der Waals surface area contributed by atoms with Crippen LogP contribution in [0.5, 0.6) is 0 Å². The summed E-state index contributed by atoms with van der Waals surface area (Å²) in [6.07, 6.45) is 7.11. The fourth-order valence-electron chi connectivity index (χ4n) is 5.17. The molecule has 30 heavy (non-hydrogen) atoms. The first kappa shape index (κ1) is 25.8. The van der Waals surface area contributed by atoms with E-state index in [-0.39, 0.29) is 10.8 Å². The SMILES string of the molecule is C[C@@H]1CCC(C(C)(C)C(C)(C)C2=C(O[Si](C)(C)C)C[C@H](C)CC2)=C(O[Si](C)(C)C)C1. The molecule has 2 atom stereocenters. The van der Waals surface area contributed by atoms with Crippen LogP contribution in [-0.2, 0) is 8.85 Å². The first-order chi connectivity index (χ1) is 13.4. The molecule has 0 bridgehead atoms. The lowest BCUT2D eigenvalue weighted by atomic mass is 9.56. The van der Waals surface area contributed by atoms with E-state index in [9.17, 15) is 0 Å². The summed E-state index contributed by atoms with van der Waals surface area (Å²) >= 11 is 0. The average Bonchev–Trinajstić information content (AvgIpc) is 2.51. The Morgan fingerprint density at radius 2 is 0.933 bits per heavy atom. The molecule has 0 aromatic carbocycles. The molecule has 2 nitrogen and oxygen atoms in total. The van der Waals surface area contributed by atoms with E-state index in [1.165, 1.54) is 37.2 Å². The van der Waals surface area contributed by atoms with Crippen LogP contribution < -0.4 is 0 Å². The molecular formula is C26H50O2Si2. The van der Waals surface area contributed by atoms with Crippen LogP contribution >= 0.6 is 0 Å². The average molecular weight is 451 g/mol. The van der Waals surface area contributed by atoms with Crippen LogP contribution in [0, 0.1) is 22.7 Å². The van der Waals surface area contributed by atoms with Gasteiger partial charge >= 0.3 is 0 Å². The van der Waals surface area contributed by atoms with Crippen LogP contribution in [0.2, 0.25) is 39.3 Å². The quantitative estimate of drug-likeness (QED) is 0.360. The molecule has 0 radical (unpaired) electrons. The Labute approximate surface area is 190 Å². The minimum absolute atomic E-state index is 0.0477. The van der Waals surface area contributed by atoms with Crippen molar-refractivity contribution in [3.63, 3.8) is 0 Å². The zero-order valence-corrected chi connectivity index (χ0v) is 24.2. The highest BCUT2D eigenvalue weighted by molar-refractivity contribution is 6.70. The van der Waals surface area contributed by atoms with Gasteiger partial charge in [0.25, 0.3) is 0 Å². The van der Waals surface area contributed by atoms with Crippen molar-refractivity contribution >= 4 is 16.6 Å². The number of hydrogen-bond acceptors (Lipinski definition) is 2. The van der Waals surface area contributed by atoms with Gasteiger partial charge < -0.3 is 8.85 Å². The fraction of sp³-hybridized carbons (Fsp3) is 0.846. The minimum Gasteiger partial charge on any atom is -0.547 e. The van der Waals surface area contributed by atoms with Crippen LogP contribution in [0.3, 0.4) is 0 Å². The second-order valence-corrected chi connectivity index (χ2v) is 22.0. The molecule has 0 aromatic rings. The second-order valence-electron chi connectivity index (χ2n) is 13.2. The Morgan fingerprint density at radius 3 is 1.20 bits per heavy atom. The third-order valence-corrected chi connectivity index (χ3v) is 9.16. The van der Waals surface area contributed by atoms with Crippen molar-refractivity contribution in [3.05, 3.63) is 22.7 Å². The number of allylic oxidation sites excluding steroid dienone is 4. The van der Waals surface area contributed by atoms with E-state index in [1.807, 2.05) is 0 Å².